The number of para-hydroxylation sites is 1. The van der Waals surface area contributed by atoms with Crippen LogP contribution in [0.4, 0.5) is 10.5 Å². The van der Waals surface area contributed by atoms with Gasteiger partial charge in [-0.05, 0) is 44.0 Å². The van der Waals surface area contributed by atoms with Gasteiger partial charge in [-0.2, -0.15) is 0 Å². The van der Waals surface area contributed by atoms with Gasteiger partial charge in [-0.15, -0.1) is 0 Å². The molecule has 1 N–H and O–H groups in total. The summed E-state index contributed by atoms with van der Waals surface area (Å²) in [6, 6.07) is 6.37. The van der Waals surface area contributed by atoms with E-state index in [1.165, 1.54) is 11.1 Å². The first-order valence-electron chi connectivity index (χ1n) is 8.90. The molecule has 134 valence electrons. The molecule has 5 nitrogen and oxygen atoms in total. The molecule has 2 rings (SSSR count). The summed E-state index contributed by atoms with van der Waals surface area (Å²) in [7, 11) is 4.04. The number of aryl methyl sites for hydroxylation is 1. The fourth-order valence-electron chi connectivity index (χ4n) is 3.03. The first-order chi connectivity index (χ1) is 11.5. The third-order valence-electron chi connectivity index (χ3n) is 4.32. The van der Waals surface area contributed by atoms with E-state index in [2.05, 4.69) is 42.3 Å². The predicted octanol–water partition coefficient (Wildman–Crippen LogP) is 2.85. The monoisotopic (exact) mass is 333 g/mol. The number of fused-ring (bicyclic) bond motifs is 1. The lowest BCUT2D eigenvalue weighted by molar-refractivity contribution is 0.120. The van der Waals surface area contributed by atoms with Crippen LogP contribution in [-0.4, -0.2) is 57.9 Å². The van der Waals surface area contributed by atoms with Crippen molar-refractivity contribution in [2.24, 2.45) is 0 Å². The second-order valence-corrected chi connectivity index (χ2v) is 6.91. The summed E-state index contributed by atoms with van der Waals surface area (Å²) in [4.78, 5) is 16.6. The number of carbonyl (C=O) groups is 1. The summed E-state index contributed by atoms with van der Waals surface area (Å²) in [5, 5.41) is 3.00. The number of hydrogen-bond acceptors (Lipinski definition) is 3. The van der Waals surface area contributed by atoms with Crippen molar-refractivity contribution in [3.8, 4) is 0 Å². The smallest absolute Gasteiger partial charge is 0.321 e. The van der Waals surface area contributed by atoms with E-state index in [-0.39, 0.29) is 6.03 Å². The van der Waals surface area contributed by atoms with Crippen LogP contribution in [0.1, 0.15) is 37.3 Å². The van der Waals surface area contributed by atoms with Gasteiger partial charge < -0.3 is 15.0 Å². The molecule has 0 radical (unpaired) electrons. The average molecular weight is 333 g/mol. The highest BCUT2D eigenvalue weighted by Gasteiger charge is 2.25. The van der Waals surface area contributed by atoms with Crippen molar-refractivity contribution in [1.29, 1.82) is 0 Å². The highest BCUT2D eigenvalue weighted by molar-refractivity contribution is 5.94. The van der Waals surface area contributed by atoms with Crippen LogP contribution in [0.15, 0.2) is 18.2 Å². The Bertz CT molecular complexity index is 543. The number of likely N-dealkylation sites (N-methyl/N-ethyl adjacent to an activating group) is 1. The van der Waals surface area contributed by atoms with Crippen molar-refractivity contribution >= 4 is 11.7 Å². The molecule has 0 saturated heterocycles. The normalized spacial score (nSPS) is 14.2. The largest absolute Gasteiger partial charge is 0.378 e. The Labute approximate surface area is 146 Å². The van der Waals surface area contributed by atoms with E-state index >= 15 is 0 Å². The number of hydrogen-bond donors (Lipinski definition) is 1. The molecule has 1 aliphatic rings. The number of nitrogens with zero attached hydrogens (tertiary/aromatic N) is 2. The Kier molecular flexibility index (Phi) is 7.06. The molecule has 5 heteroatoms. The van der Waals surface area contributed by atoms with Crippen molar-refractivity contribution < 1.29 is 9.53 Å². The van der Waals surface area contributed by atoms with Crippen molar-refractivity contribution in [2.45, 2.75) is 32.6 Å². The van der Waals surface area contributed by atoms with E-state index in [1.54, 1.807) is 0 Å². The molecule has 0 aromatic heterocycles. The minimum atomic E-state index is -0.0136. The Balaban J connectivity index is 1.92. The van der Waals surface area contributed by atoms with Gasteiger partial charge in [-0.3, -0.25) is 4.90 Å². The fourth-order valence-corrected chi connectivity index (χ4v) is 3.03. The van der Waals surface area contributed by atoms with Crippen LogP contribution in [0.2, 0.25) is 0 Å². The van der Waals surface area contributed by atoms with Gasteiger partial charge in [0.1, 0.15) is 0 Å². The molecular weight excluding hydrogens is 302 g/mol. The van der Waals surface area contributed by atoms with Crippen LogP contribution in [0.25, 0.3) is 0 Å². The van der Waals surface area contributed by atoms with Crippen LogP contribution in [-0.2, 0) is 11.2 Å². The molecule has 0 bridgehead atoms. The molecule has 1 heterocycles. The third-order valence-corrected chi connectivity index (χ3v) is 4.32. The number of anilines is 1. The van der Waals surface area contributed by atoms with E-state index in [0.717, 1.165) is 31.6 Å². The molecule has 1 aromatic rings. The topological polar surface area (TPSA) is 44.8 Å². The van der Waals surface area contributed by atoms with Gasteiger partial charge in [0.05, 0.1) is 18.9 Å². The summed E-state index contributed by atoms with van der Waals surface area (Å²) >= 11 is 0. The lowest BCUT2D eigenvalue weighted by Gasteiger charge is -2.32. The molecule has 0 fully saturated rings. The zero-order chi connectivity index (χ0) is 17.5. The van der Waals surface area contributed by atoms with E-state index in [4.69, 9.17) is 4.74 Å². The summed E-state index contributed by atoms with van der Waals surface area (Å²) in [5.41, 5.74) is 3.65. The van der Waals surface area contributed by atoms with Gasteiger partial charge in [0, 0.05) is 19.6 Å². The van der Waals surface area contributed by atoms with Crippen LogP contribution in [0, 0.1) is 0 Å². The summed E-state index contributed by atoms with van der Waals surface area (Å²) in [6.07, 6.45) is 2.06. The number of carbonyl (C=O) groups excluding carboxylic acids is 1. The van der Waals surface area contributed by atoms with Crippen LogP contribution >= 0.6 is 0 Å². The molecule has 0 aliphatic carbocycles. The maximum Gasteiger partial charge on any atom is 0.321 e. The molecule has 0 unspecified atom stereocenters. The maximum atomic E-state index is 12.6. The maximum absolute atomic E-state index is 12.6. The minimum Gasteiger partial charge on any atom is -0.378 e. The molecule has 2 amide bonds. The molecule has 1 aromatic carbocycles. The first kappa shape index (κ1) is 18.7. The van der Waals surface area contributed by atoms with Crippen molar-refractivity contribution in [2.75, 3.05) is 51.8 Å². The molecule has 0 spiro atoms. The van der Waals surface area contributed by atoms with Crippen molar-refractivity contribution in [1.82, 2.24) is 10.2 Å². The van der Waals surface area contributed by atoms with Crippen LogP contribution < -0.4 is 10.2 Å². The van der Waals surface area contributed by atoms with E-state index in [1.807, 2.05) is 19.0 Å². The second kappa shape index (κ2) is 9.04. The van der Waals surface area contributed by atoms with Gasteiger partial charge >= 0.3 is 6.03 Å². The highest BCUT2D eigenvalue weighted by Crippen LogP contribution is 2.34. The van der Waals surface area contributed by atoms with Gasteiger partial charge in [0.15, 0.2) is 0 Å². The van der Waals surface area contributed by atoms with Crippen molar-refractivity contribution in [3.63, 3.8) is 0 Å². The predicted molar refractivity (Wildman–Crippen MR) is 99.0 cm³/mol. The molecule has 0 saturated carbocycles. The molecule has 0 atom stereocenters. The first-order valence-corrected chi connectivity index (χ1v) is 8.90. The van der Waals surface area contributed by atoms with Crippen molar-refractivity contribution in [3.05, 3.63) is 29.3 Å². The molecular formula is C19H31N3O2. The number of nitrogens with one attached hydrogen (secondary N) is 1. The average Bonchev–Trinajstić information content (AvgIpc) is 2.56. The fraction of sp³-hybridized carbons (Fsp3) is 0.632. The highest BCUT2D eigenvalue weighted by atomic mass is 16.5. The Hall–Kier alpha value is -1.59. The SMILES string of the molecule is CC(C)c1cccc2c1N(C(=O)NCCOCCN(C)C)CCC2. The van der Waals surface area contributed by atoms with Crippen LogP contribution in [0.3, 0.4) is 0 Å². The summed E-state index contributed by atoms with van der Waals surface area (Å²) in [6.45, 7) is 7.81. The minimum absolute atomic E-state index is 0.0136. The summed E-state index contributed by atoms with van der Waals surface area (Å²) < 4.78 is 5.54. The molecule has 1 aliphatic heterocycles. The van der Waals surface area contributed by atoms with E-state index in [0.29, 0.717) is 25.7 Å². The number of benzene rings is 1. The van der Waals surface area contributed by atoms with E-state index in [9.17, 15) is 4.79 Å². The van der Waals surface area contributed by atoms with Gasteiger partial charge in [0.25, 0.3) is 0 Å². The standard InChI is InChI=1S/C19H31N3O2/c1-15(2)17-9-5-7-16-8-6-11-22(18(16)17)19(23)20-10-13-24-14-12-21(3)4/h5,7,9,15H,6,8,10-14H2,1-4H3,(H,20,23). The second-order valence-electron chi connectivity index (χ2n) is 6.91. The lowest BCUT2D eigenvalue weighted by atomic mass is 9.92. The van der Waals surface area contributed by atoms with Gasteiger partial charge in [-0.25, -0.2) is 4.79 Å². The summed E-state index contributed by atoms with van der Waals surface area (Å²) in [5.74, 6) is 0.405. The zero-order valence-corrected chi connectivity index (χ0v) is 15.5. The quantitative estimate of drug-likeness (QED) is 0.781. The van der Waals surface area contributed by atoms with E-state index < -0.39 is 0 Å². The third kappa shape index (κ3) is 4.95. The Morgan fingerprint density at radius 3 is 2.83 bits per heavy atom. The Morgan fingerprint density at radius 2 is 2.12 bits per heavy atom. The Morgan fingerprint density at radius 1 is 1.33 bits per heavy atom. The zero-order valence-electron chi connectivity index (χ0n) is 15.5. The van der Waals surface area contributed by atoms with Gasteiger partial charge in [0.2, 0.25) is 0 Å². The number of ether oxygens (including phenoxy) is 1. The number of rotatable bonds is 7. The molecule has 24 heavy (non-hydrogen) atoms. The van der Waals surface area contributed by atoms with Crippen LogP contribution in [0.5, 0.6) is 0 Å². The lowest BCUT2D eigenvalue weighted by Crippen LogP contribution is -2.44. The van der Waals surface area contributed by atoms with Gasteiger partial charge in [-0.1, -0.05) is 32.0 Å². The number of amides is 2. The number of urea groups is 1.